The summed E-state index contributed by atoms with van der Waals surface area (Å²) in [6.07, 6.45) is 2.40. The average molecular weight is 399 g/mol. The number of halogens is 1. The molecule has 5 nitrogen and oxygen atoms in total. The summed E-state index contributed by atoms with van der Waals surface area (Å²) in [6, 6.07) is 11.9. The molecular weight excluding hydrogens is 373 g/mol. The van der Waals surface area contributed by atoms with Crippen LogP contribution in [-0.4, -0.2) is 43.9 Å². The van der Waals surface area contributed by atoms with Crippen LogP contribution in [0.25, 0.3) is 0 Å². The molecular formula is C23H26FNO4. The van der Waals surface area contributed by atoms with Gasteiger partial charge in [0, 0.05) is 31.0 Å². The van der Waals surface area contributed by atoms with Gasteiger partial charge in [0.1, 0.15) is 5.75 Å². The van der Waals surface area contributed by atoms with Gasteiger partial charge in [-0.1, -0.05) is 18.2 Å². The number of hydrogen-bond donors (Lipinski definition) is 0. The molecule has 2 aromatic rings. The molecule has 1 aliphatic heterocycles. The lowest BCUT2D eigenvalue weighted by Gasteiger charge is -2.32. The van der Waals surface area contributed by atoms with Crippen LogP contribution in [0.15, 0.2) is 42.5 Å². The molecule has 6 heteroatoms. The number of ether oxygens (including phenoxy) is 2. The van der Waals surface area contributed by atoms with Crippen molar-refractivity contribution in [2.75, 3.05) is 27.3 Å². The van der Waals surface area contributed by atoms with Gasteiger partial charge >= 0.3 is 0 Å². The van der Waals surface area contributed by atoms with E-state index in [-0.39, 0.29) is 23.4 Å². The minimum absolute atomic E-state index is 0.0225. The number of benzene rings is 2. The van der Waals surface area contributed by atoms with Crippen molar-refractivity contribution < 1.29 is 23.5 Å². The molecule has 1 aliphatic rings. The van der Waals surface area contributed by atoms with E-state index in [2.05, 4.69) is 0 Å². The summed E-state index contributed by atoms with van der Waals surface area (Å²) in [6.45, 7) is 1.02. The Hall–Kier alpha value is -2.89. The molecule has 154 valence electrons. The molecule has 0 N–H and O–H groups in total. The van der Waals surface area contributed by atoms with Crippen molar-refractivity contribution in [1.82, 2.24) is 4.90 Å². The first-order chi connectivity index (χ1) is 14.0. The molecule has 2 aromatic carbocycles. The van der Waals surface area contributed by atoms with Crippen LogP contribution in [0.2, 0.25) is 0 Å². The smallest absolute Gasteiger partial charge is 0.222 e. The zero-order valence-corrected chi connectivity index (χ0v) is 16.8. The van der Waals surface area contributed by atoms with E-state index in [9.17, 15) is 14.0 Å². The van der Waals surface area contributed by atoms with Gasteiger partial charge in [-0.05, 0) is 49.1 Å². The highest BCUT2D eigenvalue weighted by Gasteiger charge is 2.29. The molecule has 0 spiro atoms. The quantitative estimate of drug-likeness (QED) is 0.663. The summed E-state index contributed by atoms with van der Waals surface area (Å²) < 4.78 is 24.2. The lowest BCUT2D eigenvalue weighted by Crippen LogP contribution is -2.42. The number of hydrogen-bond acceptors (Lipinski definition) is 4. The summed E-state index contributed by atoms with van der Waals surface area (Å²) in [5.74, 6) is -0.0966. The number of para-hydroxylation sites is 1. The maximum absolute atomic E-state index is 14.0. The second kappa shape index (κ2) is 9.54. The third kappa shape index (κ3) is 4.94. The molecule has 1 unspecified atom stereocenters. The average Bonchev–Trinajstić information content (AvgIpc) is 2.77. The zero-order valence-electron chi connectivity index (χ0n) is 16.8. The van der Waals surface area contributed by atoms with E-state index in [4.69, 9.17) is 9.47 Å². The Bertz CT molecular complexity index is 883. The van der Waals surface area contributed by atoms with Crippen LogP contribution in [0, 0.1) is 11.7 Å². The number of amides is 1. The summed E-state index contributed by atoms with van der Waals surface area (Å²) in [5, 5.41) is 0. The predicted octanol–water partition coefficient (Wildman–Crippen LogP) is 3.90. The summed E-state index contributed by atoms with van der Waals surface area (Å²) in [5.41, 5.74) is 1.30. The lowest BCUT2D eigenvalue weighted by molar-refractivity contribution is -0.132. The van der Waals surface area contributed by atoms with E-state index in [0.29, 0.717) is 37.9 Å². The number of nitrogens with zero attached hydrogens (tertiary/aromatic N) is 1. The van der Waals surface area contributed by atoms with Crippen LogP contribution >= 0.6 is 0 Å². The topological polar surface area (TPSA) is 55.8 Å². The maximum atomic E-state index is 14.0. The number of methoxy groups -OCH3 is 2. The van der Waals surface area contributed by atoms with Crippen LogP contribution < -0.4 is 9.47 Å². The van der Waals surface area contributed by atoms with E-state index in [1.54, 1.807) is 18.1 Å². The Morgan fingerprint density at radius 2 is 1.86 bits per heavy atom. The van der Waals surface area contributed by atoms with Gasteiger partial charge in [0.25, 0.3) is 0 Å². The molecule has 0 radical (unpaired) electrons. The Morgan fingerprint density at radius 1 is 1.10 bits per heavy atom. The number of carbonyl (C=O) groups is 2. The van der Waals surface area contributed by atoms with Crippen molar-refractivity contribution in [2.45, 2.75) is 25.7 Å². The minimum Gasteiger partial charge on any atom is -0.496 e. The number of piperidine rings is 1. The Kier molecular flexibility index (Phi) is 6.86. The Balaban J connectivity index is 1.61. The molecule has 0 aromatic heterocycles. The molecule has 0 bridgehead atoms. The van der Waals surface area contributed by atoms with Gasteiger partial charge in [-0.15, -0.1) is 0 Å². The fourth-order valence-corrected chi connectivity index (χ4v) is 3.78. The van der Waals surface area contributed by atoms with Crippen LogP contribution in [0.1, 0.15) is 35.2 Å². The second-order valence-corrected chi connectivity index (χ2v) is 7.20. The molecule has 1 amide bonds. The summed E-state index contributed by atoms with van der Waals surface area (Å²) in [4.78, 5) is 27.3. The second-order valence-electron chi connectivity index (χ2n) is 7.20. The first-order valence-corrected chi connectivity index (χ1v) is 9.81. The maximum Gasteiger partial charge on any atom is 0.222 e. The minimum atomic E-state index is -0.557. The molecule has 1 fully saturated rings. The molecule has 0 saturated carbocycles. The van der Waals surface area contributed by atoms with Gasteiger partial charge < -0.3 is 14.4 Å². The number of Topliss-reactive ketones (excluding diaryl/α,β-unsaturated/α-hetero) is 1. The highest BCUT2D eigenvalue weighted by atomic mass is 19.1. The summed E-state index contributed by atoms with van der Waals surface area (Å²) in [7, 11) is 3.00. The monoisotopic (exact) mass is 399 g/mol. The first kappa shape index (κ1) is 20.8. The van der Waals surface area contributed by atoms with Crippen molar-refractivity contribution >= 4 is 11.7 Å². The Labute approximate surface area is 170 Å². The molecule has 1 heterocycles. The SMILES string of the molecule is COc1ccc(C(=O)C2CCCN(C(=O)CCc3ccccc3OC)C2)cc1F. The highest BCUT2D eigenvalue weighted by molar-refractivity contribution is 5.98. The standard InChI is InChI=1S/C23H26FNO4/c1-28-20-8-4-3-6-16(20)10-12-22(26)25-13-5-7-18(15-25)23(27)17-9-11-21(29-2)19(24)14-17/h3-4,6,8-9,11,14,18H,5,7,10,12-13,15H2,1-2H3. The molecule has 0 aliphatic carbocycles. The van der Waals surface area contributed by atoms with Crippen molar-refractivity contribution in [3.05, 3.63) is 59.4 Å². The van der Waals surface area contributed by atoms with Crippen molar-refractivity contribution in [2.24, 2.45) is 5.92 Å². The van der Waals surface area contributed by atoms with Crippen LogP contribution in [0.4, 0.5) is 4.39 Å². The van der Waals surface area contributed by atoms with Gasteiger partial charge in [0.2, 0.25) is 5.91 Å². The number of likely N-dealkylation sites (tertiary alicyclic amines) is 1. The van der Waals surface area contributed by atoms with Gasteiger partial charge in [-0.2, -0.15) is 0 Å². The number of aryl methyl sites for hydroxylation is 1. The van der Waals surface area contributed by atoms with E-state index < -0.39 is 5.82 Å². The van der Waals surface area contributed by atoms with Crippen LogP contribution in [0.3, 0.4) is 0 Å². The van der Waals surface area contributed by atoms with Crippen LogP contribution in [-0.2, 0) is 11.2 Å². The summed E-state index contributed by atoms with van der Waals surface area (Å²) >= 11 is 0. The third-order valence-electron chi connectivity index (χ3n) is 5.38. The van der Waals surface area contributed by atoms with Crippen molar-refractivity contribution in [3.8, 4) is 11.5 Å². The fourth-order valence-electron chi connectivity index (χ4n) is 3.78. The lowest BCUT2D eigenvalue weighted by atomic mass is 9.89. The largest absolute Gasteiger partial charge is 0.496 e. The zero-order chi connectivity index (χ0) is 20.8. The van der Waals surface area contributed by atoms with Crippen LogP contribution in [0.5, 0.6) is 11.5 Å². The van der Waals surface area contributed by atoms with E-state index >= 15 is 0 Å². The first-order valence-electron chi connectivity index (χ1n) is 9.81. The Morgan fingerprint density at radius 3 is 2.59 bits per heavy atom. The van der Waals surface area contributed by atoms with E-state index in [1.807, 2.05) is 24.3 Å². The van der Waals surface area contributed by atoms with E-state index in [0.717, 1.165) is 17.7 Å². The normalized spacial score (nSPS) is 16.4. The van der Waals surface area contributed by atoms with Gasteiger partial charge in [-0.3, -0.25) is 9.59 Å². The molecule has 1 saturated heterocycles. The predicted molar refractivity (Wildman–Crippen MR) is 108 cm³/mol. The van der Waals surface area contributed by atoms with Crippen molar-refractivity contribution in [1.29, 1.82) is 0 Å². The number of rotatable bonds is 7. The van der Waals surface area contributed by atoms with Gasteiger partial charge in [0.15, 0.2) is 17.3 Å². The molecule has 1 atom stereocenters. The number of carbonyl (C=O) groups excluding carboxylic acids is 2. The fraction of sp³-hybridized carbons (Fsp3) is 0.391. The number of ketones is 1. The third-order valence-corrected chi connectivity index (χ3v) is 5.38. The van der Waals surface area contributed by atoms with E-state index in [1.165, 1.54) is 19.2 Å². The van der Waals surface area contributed by atoms with Crippen molar-refractivity contribution in [3.63, 3.8) is 0 Å². The van der Waals surface area contributed by atoms with Gasteiger partial charge in [0.05, 0.1) is 14.2 Å². The molecule has 29 heavy (non-hydrogen) atoms. The highest BCUT2D eigenvalue weighted by Crippen LogP contribution is 2.25. The van der Waals surface area contributed by atoms with Gasteiger partial charge in [-0.25, -0.2) is 4.39 Å². The molecule has 3 rings (SSSR count).